The van der Waals surface area contributed by atoms with Crippen LogP contribution in [0.5, 0.6) is 0 Å². The minimum atomic E-state index is -1.05. The Morgan fingerprint density at radius 3 is 2.67 bits per heavy atom. The van der Waals surface area contributed by atoms with E-state index in [4.69, 9.17) is 11.0 Å². The number of nitriles is 1. The molecule has 2 unspecified atom stereocenters. The summed E-state index contributed by atoms with van der Waals surface area (Å²) in [4.78, 5) is 3.88. The molecule has 0 aliphatic carbocycles. The molecule has 1 aromatic heterocycles. The van der Waals surface area contributed by atoms with Crippen molar-refractivity contribution in [2.75, 3.05) is 6.54 Å². The largest absolute Gasteiger partial charge is 0.390 e. The van der Waals surface area contributed by atoms with Gasteiger partial charge in [0.25, 0.3) is 0 Å². The zero-order valence-electron chi connectivity index (χ0n) is 8.17. The lowest BCUT2D eigenvalue weighted by Crippen LogP contribution is -2.22. The van der Waals surface area contributed by atoms with Gasteiger partial charge in [0.1, 0.15) is 12.2 Å². The Balaban J connectivity index is 2.74. The first-order valence-corrected chi connectivity index (χ1v) is 4.61. The van der Waals surface area contributed by atoms with Crippen LogP contribution in [0, 0.1) is 11.3 Å². The summed E-state index contributed by atoms with van der Waals surface area (Å²) in [5, 5.41) is 27.6. The summed E-state index contributed by atoms with van der Waals surface area (Å²) in [5.74, 6) is 0. The van der Waals surface area contributed by atoms with E-state index in [0.29, 0.717) is 24.2 Å². The van der Waals surface area contributed by atoms with Crippen molar-refractivity contribution in [1.29, 1.82) is 5.26 Å². The van der Waals surface area contributed by atoms with Crippen LogP contribution in [0.25, 0.3) is 0 Å². The third-order valence-electron chi connectivity index (χ3n) is 2.05. The Bertz CT molecular complexity index is 345. The number of hydrogen-bond donors (Lipinski definition) is 3. The fraction of sp³-hybridized carbons (Fsp3) is 0.400. The number of nitrogens with zero attached hydrogens (tertiary/aromatic N) is 2. The number of nitrogens with two attached hydrogens (primary N) is 1. The second-order valence-corrected chi connectivity index (χ2v) is 3.17. The lowest BCUT2D eigenvalue weighted by molar-refractivity contribution is 0.0125. The Morgan fingerprint density at radius 1 is 1.47 bits per heavy atom. The van der Waals surface area contributed by atoms with Gasteiger partial charge in [0, 0.05) is 6.20 Å². The highest BCUT2D eigenvalue weighted by molar-refractivity contribution is 5.27. The maximum Gasteiger partial charge on any atom is 0.122 e. The summed E-state index contributed by atoms with van der Waals surface area (Å²) < 4.78 is 0. The topological polar surface area (TPSA) is 103 Å². The van der Waals surface area contributed by atoms with Crippen molar-refractivity contribution in [3.63, 3.8) is 0 Å². The van der Waals surface area contributed by atoms with Crippen molar-refractivity contribution >= 4 is 0 Å². The molecule has 2 atom stereocenters. The van der Waals surface area contributed by atoms with E-state index in [2.05, 4.69) is 4.98 Å². The molecule has 0 amide bonds. The number of aromatic nitrogens is 1. The number of aliphatic hydroxyl groups is 2. The quantitative estimate of drug-likeness (QED) is 0.628. The molecule has 5 heteroatoms. The number of pyridine rings is 1. The molecule has 1 aromatic rings. The highest BCUT2D eigenvalue weighted by Crippen LogP contribution is 2.16. The maximum absolute atomic E-state index is 9.63. The second-order valence-electron chi connectivity index (χ2n) is 3.17. The van der Waals surface area contributed by atoms with Crippen molar-refractivity contribution < 1.29 is 10.2 Å². The molecule has 0 radical (unpaired) electrons. The van der Waals surface area contributed by atoms with Crippen LogP contribution in [0.1, 0.15) is 23.8 Å². The molecule has 15 heavy (non-hydrogen) atoms. The molecular weight excluding hydrogens is 194 g/mol. The van der Waals surface area contributed by atoms with Gasteiger partial charge in [-0.25, -0.2) is 0 Å². The van der Waals surface area contributed by atoms with Crippen LogP contribution >= 0.6 is 0 Å². The Morgan fingerprint density at radius 2 is 2.20 bits per heavy atom. The van der Waals surface area contributed by atoms with E-state index in [1.165, 1.54) is 12.3 Å². The summed E-state index contributed by atoms with van der Waals surface area (Å²) in [5.41, 5.74) is 6.01. The lowest BCUT2D eigenvalue weighted by atomic mass is 10.1. The van der Waals surface area contributed by atoms with Gasteiger partial charge >= 0.3 is 0 Å². The molecule has 0 aliphatic heterocycles. The highest BCUT2D eigenvalue weighted by atomic mass is 16.3. The first-order chi connectivity index (χ1) is 7.19. The normalized spacial score (nSPS) is 14.3. The molecular formula is C10H13N3O2. The van der Waals surface area contributed by atoms with Crippen LogP contribution in [0.2, 0.25) is 0 Å². The molecule has 0 aliphatic rings. The average Bonchev–Trinajstić information content (AvgIpc) is 2.28. The average molecular weight is 207 g/mol. The van der Waals surface area contributed by atoms with Gasteiger partial charge in [-0.05, 0) is 25.1 Å². The number of rotatable bonds is 4. The van der Waals surface area contributed by atoms with Gasteiger partial charge in [-0.2, -0.15) is 5.26 Å². The third-order valence-corrected chi connectivity index (χ3v) is 2.05. The summed E-state index contributed by atoms with van der Waals surface area (Å²) in [7, 11) is 0. The van der Waals surface area contributed by atoms with Crippen LogP contribution in [0.15, 0.2) is 18.3 Å². The minimum absolute atomic E-state index is 0.300. The van der Waals surface area contributed by atoms with Gasteiger partial charge in [-0.1, -0.05) is 0 Å². The van der Waals surface area contributed by atoms with E-state index < -0.39 is 12.2 Å². The summed E-state index contributed by atoms with van der Waals surface area (Å²) >= 11 is 0. The van der Waals surface area contributed by atoms with Crippen molar-refractivity contribution in [1.82, 2.24) is 4.98 Å². The van der Waals surface area contributed by atoms with Crippen molar-refractivity contribution in [3.05, 3.63) is 29.6 Å². The van der Waals surface area contributed by atoms with Gasteiger partial charge in [-0.15, -0.1) is 0 Å². The maximum atomic E-state index is 9.63. The van der Waals surface area contributed by atoms with Crippen LogP contribution in [-0.2, 0) is 0 Å². The number of hydrogen-bond acceptors (Lipinski definition) is 5. The van der Waals surface area contributed by atoms with Crippen molar-refractivity contribution in [2.24, 2.45) is 5.73 Å². The van der Waals surface area contributed by atoms with Crippen molar-refractivity contribution in [3.8, 4) is 6.07 Å². The monoisotopic (exact) mass is 207 g/mol. The molecule has 1 rings (SSSR count). The Kier molecular flexibility index (Phi) is 4.18. The molecule has 0 spiro atoms. The first kappa shape index (κ1) is 11.6. The van der Waals surface area contributed by atoms with Crippen LogP contribution in [0.3, 0.4) is 0 Å². The van der Waals surface area contributed by atoms with Gasteiger partial charge in [0.2, 0.25) is 0 Å². The van der Waals surface area contributed by atoms with E-state index in [0.717, 1.165) is 0 Å². The van der Waals surface area contributed by atoms with Crippen LogP contribution in [0.4, 0.5) is 0 Å². The van der Waals surface area contributed by atoms with Gasteiger partial charge in [0.15, 0.2) is 0 Å². The lowest BCUT2D eigenvalue weighted by Gasteiger charge is -2.16. The Labute approximate surface area is 87.8 Å². The number of aliphatic hydroxyl groups excluding tert-OH is 2. The zero-order valence-corrected chi connectivity index (χ0v) is 8.17. The van der Waals surface area contributed by atoms with Gasteiger partial charge in [-0.3, -0.25) is 4.98 Å². The van der Waals surface area contributed by atoms with E-state index in [9.17, 15) is 10.2 Å². The Hall–Kier alpha value is -1.48. The molecule has 0 saturated carbocycles. The molecule has 0 fully saturated rings. The van der Waals surface area contributed by atoms with Gasteiger partial charge in [0.05, 0.1) is 17.4 Å². The smallest absolute Gasteiger partial charge is 0.122 e. The third kappa shape index (κ3) is 2.99. The molecule has 1 heterocycles. The van der Waals surface area contributed by atoms with E-state index in [1.807, 2.05) is 6.07 Å². The summed E-state index contributed by atoms with van der Waals surface area (Å²) in [6.07, 6.45) is -0.312. The highest BCUT2D eigenvalue weighted by Gasteiger charge is 2.18. The predicted octanol–water partition coefficient (Wildman–Crippen LogP) is -0.304. The second kappa shape index (κ2) is 5.41. The first-order valence-electron chi connectivity index (χ1n) is 4.61. The van der Waals surface area contributed by atoms with E-state index >= 15 is 0 Å². The summed E-state index contributed by atoms with van der Waals surface area (Å²) in [6, 6.07) is 4.98. The molecule has 0 bridgehead atoms. The van der Waals surface area contributed by atoms with Crippen LogP contribution in [-0.4, -0.2) is 27.8 Å². The van der Waals surface area contributed by atoms with Crippen LogP contribution < -0.4 is 5.73 Å². The molecule has 5 nitrogen and oxygen atoms in total. The minimum Gasteiger partial charge on any atom is -0.390 e. The standard InChI is InChI=1S/C10H13N3O2/c11-4-3-9(14)10(15)8-2-1-7(5-12)6-13-8/h1-2,6,9-10,14-15H,3-4,11H2. The molecule has 0 saturated heterocycles. The van der Waals surface area contributed by atoms with Crippen molar-refractivity contribution in [2.45, 2.75) is 18.6 Å². The van der Waals surface area contributed by atoms with Gasteiger partial charge < -0.3 is 15.9 Å². The molecule has 80 valence electrons. The van der Waals surface area contributed by atoms with E-state index in [1.54, 1.807) is 6.07 Å². The molecule has 0 aromatic carbocycles. The summed E-state index contributed by atoms with van der Waals surface area (Å²) in [6.45, 7) is 0.300. The fourth-order valence-corrected chi connectivity index (χ4v) is 1.17. The predicted molar refractivity (Wildman–Crippen MR) is 53.6 cm³/mol. The molecule has 4 N–H and O–H groups in total. The van der Waals surface area contributed by atoms with E-state index in [-0.39, 0.29) is 0 Å². The SMILES string of the molecule is N#Cc1ccc(C(O)C(O)CCN)nc1. The zero-order chi connectivity index (χ0) is 11.3. The fourth-order valence-electron chi connectivity index (χ4n) is 1.17.